The Hall–Kier alpha value is -2.28. The molecule has 1 saturated heterocycles. The fourth-order valence-corrected chi connectivity index (χ4v) is 2.25. The van der Waals surface area contributed by atoms with Crippen LogP contribution >= 0.6 is 0 Å². The largest absolute Gasteiger partial charge is 0.493 e. The van der Waals surface area contributed by atoms with Crippen LogP contribution in [0.1, 0.15) is 5.56 Å². The standard InChI is InChI=1S/C13H17N3O4/c1-16-11(17)13(7-14,15-12(16)18)8-4-5-9(19-2)10(6-8)20-3/h4-6H,7,14H2,1-3H3,(H,15,18). The van der Waals surface area contributed by atoms with E-state index in [0.717, 1.165) is 4.90 Å². The predicted molar refractivity (Wildman–Crippen MR) is 71.6 cm³/mol. The Morgan fingerprint density at radius 1 is 1.25 bits per heavy atom. The molecule has 0 saturated carbocycles. The van der Waals surface area contributed by atoms with E-state index in [-0.39, 0.29) is 6.54 Å². The second-order valence-corrected chi connectivity index (χ2v) is 4.47. The summed E-state index contributed by atoms with van der Waals surface area (Å²) in [5.41, 5.74) is 5.04. The highest BCUT2D eigenvalue weighted by molar-refractivity contribution is 6.07. The number of nitrogens with one attached hydrogen (secondary N) is 1. The lowest BCUT2D eigenvalue weighted by Gasteiger charge is -2.25. The highest BCUT2D eigenvalue weighted by Gasteiger charge is 2.50. The SMILES string of the molecule is COc1ccc(C2(CN)NC(=O)N(C)C2=O)cc1OC. The van der Waals surface area contributed by atoms with Crippen molar-refractivity contribution >= 4 is 11.9 Å². The van der Waals surface area contributed by atoms with Gasteiger partial charge in [-0.2, -0.15) is 0 Å². The van der Waals surface area contributed by atoms with Gasteiger partial charge in [0.2, 0.25) is 0 Å². The van der Waals surface area contributed by atoms with Crippen molar-refractivity contribution in [3.05, 3.63) is 23.8 Å². The summed E-state index contributed by atoms with van der Waals surface area (Å²) < 4.78 is 10.4. The van der Waals surface area contributed by atoms with Crippen molar-refractivity contribution in [2.75, 3.05) is 27.8 Å². The van der Waals surface area contributed by atoms with Gasteiger partial charge in [0.25, 0.3) is 5.91 Å². The van der Waals surface area contributed by atoms with Crippen LogP contribution in [0.25, 0.3) is 0 Å². The first kappa shape index (κ1) is 14.1. The van der Waals surface area contributed by atoms with Gasteiger partial charge in [0.1, 0.15) is 0 Å². The third-order valence-electron chi connectivity index (χ3n) is 3.48. The number of carbonyl (C=O) groups is 2. The molecule has 0 aliphatic carbocycles. The van der Waals surface area contributed by atoms with Gasteiger partial charge < -0.3 is 20.5 Å². The Bertz CT molecular complexity index is 561. The van der Waals surface area contributed by atoms with E-state index in [2.05, 4.69) is 5.32 Å². The molecule has 7 heteroatoms. The number of nitrogens with zero attached hydrogens (tertiary/aromatic N) is 1. The van der Waals surface area contributed by atoms with Crippen LogP contribution in [0, 0.1) is 0 Å². The second kappa shape index (κ2) is 5.01. The Labute approximate surface area is 116 Å². The first-order valence-electron chi connectivity index (χ1n) is 6.03. The number of benzene rings is 1. The van der Waals surface area contributed by atoms with Gasteiger partial charge in [-0.15, -0.1) is 0 Å². The zero-order valence-corrected chi connectivity index (χ0v) is 11.6. The number of amides is 3. The molecular formula is C13H17N3O4. The van der Waals surface area contributed by atoms with Gasteiger partial charge >= 0.3 is 6.03 Å². The van der Waals surface area contributed by atoms with Crippen molar-refractivity contribution in [2.24, 2.45) is 5.73 Å². The predicted octanol–water partition coefficient (Wildman–Crippen LogP) is 0.0394. The summed E-state index contributed by atoms with van der Waals surface area (Å²) in [7, 11) is 4.43. The van der Waals surface area contributed by atoms with E-state index in [0.29, 0.717) is 17.1 Å². The maximum Gasteiger partial charge on any atom is 0.325 e. The van der Waals surface area contributed by atoms with Crippen LogP contribution < -0.4 is 20.5 Å². The van der Waals surface area contributed by atoms with Gasteiger partial charge in [0.15, 0.2) is 17.0 Å². The molecule has 3 amide bonds. The van der Waals surface area contributed by atoms with Gasteiger partial charge in [-0.05, 0) is 17.7 Å². The number of nitrogens with two attached hydrogens (primary N) is 1. The van der Waals surface area contributed by atoms with Crippen molar-refractivity contribution in [1.29, 1.82) is 0 Å². The topological polar surface area (TPSA) is 93.9 Å². The fourth-order valence-electron chi connectivity index (χ4n) is 2.25. The van der Waals surface area contributed by atoms with Crippen LogP contribution in [0.4, 0.5) is 4.79 Å². The molecule has 1 fully saturated rings. The van der Waals surface area contributed by atoms with Crippen LogP contribution in [0.5, 0.6) is 11.5 Å². The van der Waals surface area contributed by atoms with Crippen molar-refractivity contribution in [3.63, 3.8) is 0 Å². The number of ether oxygens (including phenoxy) is 2. The molecule has 20 heavy (non-hydrogen) atoms. The van der Waals surface area contributed by atoms with Gasteiger partial charge in [0, 0.05) is 13.6 Å². The molecular weight excluding hydrogens is 262 g/mol. The van der Waals surface area contributed by atoms with Crippen LogP contribution in [-0.4, -0.2) is 44.7 Å². The minimum Gasteiger partial charge on any atom is -0.493 e. The Morgan fingerprint density at radius 2 is 1.90 bits per heavy atom. The summed E-state index contributed by atoms with van der Waals surface area (Å²) in [6, 6.07) is 4.52. The van der Waals surface area contributed by atoms with Gasteiger partial charge in [-0.1, -0.05) is 6.07 Å². The first-order chi connectivity index (χ1) is 9.50. The summed E-state index contributed by atoms with van der Waals surface area (Å²) in [5, 5.41) is 2.64. The molecule has 1 heterocycles. The molecule has 3 N–H and O–H groups in total. The molecule has 0 radical (unpaired) electrons. The third-order valence-corrected chi connectivity index (χ3v) is 3.48. The molecule has 1 aromatic carbocycles. The molecule has 1 unspecified atom stereocenters. The molecule has 0 bridgehead atoms. The van der Waals surface area contributed by atoms with Crippen LogP contribution in [-0.2, 0) is 10.3 Å². The molecule has 2 rings (SSSR count). The molecule has 0 aromatic heterocycles. The highest BCUT2D eigenvalue weighted by Crippen LogP contribution is 2.34. The van der Waals surface area contributed by atoms with Gasteiger partial charge in [0.05, 0.1) is 14.2 Å². The molecule has 1 aliphatic heterocycles. The lowest BCUT2D eigenvalue weighted by molar-refractivity contribution is -0.130. The van der Waals surface area contributed by atoms with E-state index >= 15 is 0 Å². The van der Waals surface area contributed by atoms with Gasteiger partial charge in [-0.25, -0.2) is 4.79 Å². The number of carbonyl (C=O) groups excluding carboxylic acids is 2. The number of methoxy groups -OCH3 is 2. The monoisotopic (exact) mass is 279 g/mol. The number of rotatable bonds is 4. The lowest BCUT2D eigenvalue weighted by Crippen LogP contribution is -2.50. The Kier molecular flexibility index (Phi) is 3.54. The Balaban J connectivity index is 2.53. The molecule has 1 aromatic rings. The highest BCUT2D eigenvalue weighted by atomic mass is 16.5. The molecule has 0 spiro atoms. The Morgan fingerprint density at radius 3 is 2.35 bits per heavy atom. The quantitative estimate of drug-likeness (QED) is 0.759. The zero-order chi connectivity index (χ0) is 14.9. The van der Waals surface area contributed by atoms with Crippen LogP contribution in [0.15, 0.2) is 18.2 Å². The number of hydrogen-bond donors (Lipinski definition) is 2. The van der Waals surface area contributed by atoms with Crippen LogP contribution in [0.3, 0.4) is 0 Å². The lowest BCUT2D eigenvalue weighted by atomic mass is 9.89. The summed E-state index contributed by atoms with van der Waals surface area (Å²) >= 11 is 0. The summed E-state index contributed by atoms with van der Waals surface area (Å²) in [5.74, 6) is 0.611. The number of likely N-dealkylation sites (N-methyl/N-ethyl adjacent to an activating group) is 1. The maximum absolute atomic E-state index is 12.3. The van der Waals surface area contributed by atoms with E-state index in [4.69, 9.17) is 15.2 Å². The molecule has 108 valence electrons. The minimum absolute atomic E-state index is 0.0442. The zero-order valence-electron chi connectivity index (χ0n) is 11.6. The van der Waals surface area contributed by atoms with Crippen molar-refractivity contribution in [2.45, 2.75) is 5.54 Å². The molecule has 7 nitrogen and oxygen atoms in total. The van der Waals surface area contributed by atoms with E-state index in [1.165, 1.54) is 21.3 Å². The first-order valence-corrected chi connectivity index (χ1v) is 6.03. The average molecular weight is 279 g/mol. The summed E-state index contributed by atoms with van der Waals surface area (Å²) in [4.78, 5) is 25.0. The van der Waals surface area contributed by atoms with E-state index in [1.54, 1.807) is 18.2 Å². The van der Waals surface area contributed by atoms with Gasteiger partial charge in [-0.3, -0.25) is 9.69 Å². The third kappa shape index (κ3) is 1.87. The van der Waals surface area contributed by atoms with Crippen molar-refractivity contribution in [1.82, 2.24) is 10.2 Å². The minimum atomic E-state index is -1.26. The second-order valence-electron chi connectivity index (χ2n) is 4.47. The van der Waals surface area contributed by atoms with E-state index in [1.807, 2.05) is 0 Å². The summed E-state index contributed by atoms with van der Waals surface area (Å²) in [6.45, 7) is -0.0442. The van der Waals surface area contributed by atoms with Crippen molar-refractivity contribution in [3.8, 4) is 11.5 Å². The fraction of sp³-hybridized carbons (Fsp3) is 0.385. The average Bonchev–Trinajstić information content (AvgIpc) is 2.71. The normalized spacial score (nSPS) is 21.9. The summed E-state index contributed by atoms with van der Waals surface area (Å²) in [6.07, 6.45) is 0. The van der Waals surface area contributed by atoms with Crippen molar-refractivity contribution < 1.29 is 19.1 Å². The molecule has 1 aliphatic rings. The van der Waals surface area contributed by atoms with E-state index in [9.17, 15) is 9.59 Å². The number of imide groups is 1. The van der Waals surface area contributed by atoms with Crippen LogP contribution in [0.2, 0.25) is 0 Å². The number of urea groups is 1. The maximum atomic E-state index is 12.3. The molecule has 1 atom stereocenters. The number of hydrogen-bond acceptors (Lipinski definition) is 5. The smallest absolute Gasteiger partial charge is 0.325 e. The van der Waals surface area contributed by atoms with E-state index < -0.39 is 17.5 Å².